The molecule has 1 saturated heterocycles. The average molecular weight is 312 g/mol. The van der Waals surface area contributed by atoms with E-state index in [2.05, 4.69) is 19.7 Å². The summed E-state index contributed by atoms with van der Waals surface area (Å²) in [5.74, 6) is 0.628. The summed E-state index contributed by atoms with van der Waals surface area (Å²) in [6.07, 6.45) is 3.35. The van der Waals surface area contributed by atoms with Crippen LogP contribution in [0.25, 0.3) is 0 Å². The Labute approximate surface area is 127 Å². The number of carboxylic acid groups (broad SMARTS) is 1. The van der Waals surface area contributed by atoms with Crippen LogP contribution in [-0.4, -0.2) is 58.4 Å². The van der Waals surface area contributed by atoms with E-state index in [1.807, 2.05) is 0 Å². The fourth-order valence-electron chi connectivity index (χ4n) is 2.75. The first-order valence-corrected chi connectivity index (χ1v) is 8.21. The van der Waals surface area contributed by atoms with Gasteiger partial charge in [0.15, 0.2) is 5.16 Å². The Bertz CT molecular complexity index is 518. The van der Waals surface area contributed by atoms with Crippen molar-refractivity contribution in [3.8, 4) is 0 Å². The number of carboxylic acids is 1. The quantitative estimate of drug-likeness (QED) is 0.759. The third-order valence-corrected chi connectivity index (χ3v) is 4.78. The van der Waals surface area contributed by atoms with E-state index in [9.17, 15) is 4.79 Å². The van der Waals surface area contributed by atoms with Crippen molar-refractivity contribution in [1.82, 2.24) is 14.8 Å². The highest BCUT2D eigenvalue weighted by molar-refractivity contribution is 7.99. The monoisotopic (exact) mass is 312 g/mol. The fraction of sp³-hybridized carbons (Fsp3) is 0.769. The van der Waals surface area contributed by atoms with Crippen LogP contribution < -0.4 is 4.90 Å². The second-order valence-corrected chi connectivity index (χ2v) is 6.56. The maximum absolute atomic E-state index is 10.7. The minimum atomic E-state index is -0.826. The van der Waals surface area contributed by atoms with Crippen molar-refractivity contribution in [2.75, 3.05) is 37.5 Å². The lowest BCUT2D eigenvalue weighted by atomic mass is 10.1. The van der Waals surface area contributed by atoms with Crippen LogP contribution in [0.5, 0.6) is 0 Å². The van der Waals surface area contributed by atoms with Gasteiger partial charge in [-0.3, -0.25) is 9.36 Å². The fourth-order valence-corrected chi connectivity index (χ4v) is 3.47. The minimum absolute atomic E-state index is 0.0250. The van der Waals surface area contributed by atoms with E-state index in [4.69, 9.17) is 9.84 Å². The molecule has 2 aliphatic rings. The third-order valence-electron chi connectivity index (χ3n) is 3.85. The zero-order valence-corrected chi connectivity index (χ0v) is 12.9. The number of anilines is 1. The summed E-state index contributed by atoms with van der Waals surface area (Å²) in [5.41, 5.74) is 0. The Morgan fingerprint density at radius 2 is 2.24 bits per heavy atom. The number of aromatic nitrogens is 3. The Morgan fingerprint density at radius 1 is 1.43 bits per heavy atom. The lowest BCUT2D eigenvalue weighted by Crippen LogP contribution is -2.24. The number of nitrogens with zero attached hydrogens (tertiary/aromatic N) is 4. The molecule has 0 amide bonds. The van der Waals surface area contributed by atoms with Gasteiger partial charge in [-0.2, -0.15) is 0 Å². The zero-order valence-electron chi connectivity index (χ0n) is 12.1. The Morgan fingerprint density at radius 3 is 2.90 bits per heavy atom. The highest BCUT2D eigenvalue weighted by Crippen LogP contribution is 2.41. The van der Waals surface area contributed by atoms with Gasteiger partial charge in [-0.25, -0.2) is 0 Å². The molecule has 3 rings (SSSR count). The number of aliphatic carboxylic acids is 1. The number of methoxy groups -OCH3 is 1. The highest BCUT2D eigenvalue weighted by atomic mass is 32.2. The molecule has 0 radical (unpaired) electrons. The van der Waals surface area contributed by atoms with E-state index in [0.717, 1.165) is 50.1 Å². The Kier molecular flexibility index (Phi) is 4.34. The summed E-state index contributed by atoms with van der Waals surface area (Å²) in [5, 5.41) is 18.1. The maximum atomic E-state index is 10.7. The van der Waals surface area contributed by atoms with Crippen molar-refractivity contribution in [1.29, 1.82) is 0 Å². The molecule has 2 fully saturated rings. The molecule has 0 bridgehead atoms. The molecular formula is C13H20N4O3S. The molecule has 2 heterocycles. The average Bonchev–Trinajstić information content (AvgIpc) is 3.03. The first-order valence-electron chi connectivity index (χ1n) is 7.22. The van der Waals surface area contributed by atoms with Gasteiger partial charge in [-0.05, 0) is 19.3 Å². The van der Waals surface area contributed by atoms with Crippen LogP contribution in [0.4, 0.5) is 5.95 Å². The number of hydrogen-bond donors (Lipinski definition) is 1. The van der Waals surface area contributed by atoms with Crippen LogP contribution in [-0.2, 0) is 9.53 Å². The maximum Gasteiger partial charge on any atom is 0.313 e. The Hall–Kier alpha value is -1.28. The summed E-state index contributed by atoms with van der Waals surface area (Å²) < 4.78 is 7.36. The second kappa shape index (κ2) is 6.23. The molecule has 1 saturated carbocycles. The lowest BCUT2D eigenvalue weighted by molar-refractivity contribution is -0.133. The zero-order chi connectivity index (χ0) is 14.8. The van der Waals surface area contributed by atoms with E-state index < -0.39 is 5.97 Å². The van der Waals surface area contributed by atoms with Crippen LogP contribution in [0, 0.1) is 5.92 Å². The largest absolute Gasteiger partial charge is 0.481 e. The molecule has 21 heavy (non-hydrogen) atoms. The molecule has 1 unspecified atom stereocenters. The van der Waals surface area contributed by atoms with Crippen molar-refractivity contribution in [2.45, 2.75) is 30.5 Å². The van der Waals surface area contributed by atoms with Crippen LogP contribution >= 0.6 is 11.8 Å². The lowest BCUT2D eigenvalue weighted by Gasteiger charge is -2.18. The van der Waals surface area contributed by atoms with E-state index in [1.165, 1.54) is 11.8 Å². The van der Waals surface area contributed by atoms with Crippen LogP contribution in [0.2, 0.25) is 0 Å². The predicted octanol–water partition coefficient (Wildman–Crippen LogP) is 1.26. The molecule has 1 aliphatic heterocycles. The number of rotatable bonds is 7. The molecule has 1 aliphatic carbocycles. The van der Waals surface area contributed by atoms with Crippen LogP contribution in [0.3, 0.4) is 0 Å². The third kappa shape index (κ3) is 3.32. The topological polar surface area (TPSA) is 80.5 Å². The van der Waals surface area contributed by atoms with Crippen molar-refractivity contribution >= 4 is 23.7 Å². The smallest absolute Gasteiger partial charge is 0.313 e. The number of carbonyl (C=O) groups is 1. The summed E-state index contributed by atoms with van der Waals surface area (Å²) >= 11 is 1.25. The summed E-state index contributed by atoms with van der Waals surface area (Å²) in [6.45, 7) is 2.67. The first kappa shape index (κ1) is 14.6. The van der Waals surface area contributed by atoms with Gasteiger partial charge in [0.05, 0.1) is 12.4 Å². The van der Waals surface area contributed by atoms with Crippen molar-refractivity contribution < 1.29 is 14.6 Å². The van der Waals surface area contributed by atoms with Gasteiger partial charge in [0.2, 0.25) is 5.95 Å². The summed E-state index contributed by atoms with van der Waals surface area (Å²) in [6, 6.07) is 0.438. The second-order valence-electron chi connectivity index (χ2n) is 5.62. The summed E-state index contributed by atoms with van der Waals surface area (Å²) in [4.78, 5) is 13.0. The van der Waals surface area contributed by atoms with Crippen molar-refractivity contribution in [3.05, 3.63) is 0 Å². The number of thioether (sulfide) groups is 1. The minimum Gasteiger partial charge on any atom is -0.481 e. The molecule has 116 valence electrons. The van der Waals surface area contributed by atoms with Gasteiger partial charge in [0, 0.05) is 32.2 Å². The predicted molar refractivity (Wildman–Crippen MR) is 78.8 cm³/mol. The van der Waals surface area contributed by atoms with Crippen LogP contribution in [0.1, 0.15) is 25.3 Å². The molecule has 7 nitrogen and oxygen atoms in total. The normalized spacial score (nSPS) is 22.0. The van der Waals surface area contributed by atoms with E-state index in [-0.39, 0.29) is 5.75 Å². The molecule has 1 N–H and O–H groups in total. The molecule has 1 atom stereocenters. The molecule has 1 aromatic rings. The van der Waals surface area contributed by atoms with E-state index >= 15 is 0 Å². The SMILES string of the molecule is COCC1CCN(c2nnc(SCC(=O)O)n2C2CC2)C1. The van der Waals surface area contributed by atoms with Gasteiger partial charge < -0.3 is 14.7 Å². The summed E-state index contributed by atoms with van der Waals surface area (Å²) in [7, 11) is 1.73. The molecule has 8 heteroatoms. The van der Waals surface area contributed by atoms with Crippen molar-refractivity contribution in [2.24, 2.45) is 5.92 Å². The molecule has 1 aromatic heterocycles. The number of ether oxygens (including phenoxy) is 1. The van der Waals surface area contributed by atoms with Gasteiger partial charge in [0.25, 0.3) is 0 Å². The molecular weight excluding hydrogens is 292 g/mol. The van der Waals surface area contributed by atoms with Crippen LogP contribution in [0.15, 0.2) is 5.16 Å². The number of hydrogen-bond acceptors (Lipinski definition) is 6. The van der Waals surface area contributed by atoms with Crippen molar-refractivity contribution in [3.63, 3.8) is 0 Å². The standard InChI is InChI=1S/C13H20N4O3S/c1-20-7-9-4-5-16(6-9)12-14-15-13(21-8-11(18)19)17(12)10-2-3-10/h9-10H,2-8H2,1H3,(H,18,19). The molecule has 0 aromatic carbocycles. The highest BCUT2D eigenvalue weighted by Gasteiger charge is 2.34. The van der Waals surface area contributed by atoms with Gasteiger partial charge in [-0.15, -0.1) is 10.2 Å². The molecule has 0 spiro atoms. The van der Waals surface area contributed by atoms with E-state index in [1.54, 1.807) is 7.11 Å². The first-order chi connectivity index (χ1) is 10.2. The van der Waals surface area contributed by atoms with Gasteiger partial charge in [0.1, 0.15) is 0 Å². The van der Waals surface area contributed by atoms with Gasteiger partial charge in [-0.1, -0.05) is 11.8 Å². The Balaban J connectivity index is 1.74. The van der Waals surface area contributed by atoms with E-state index in [0.29, 0.717) is 12.0 Å². The van der Waals surface area contributed by atoms with Gasteiger partial charge >= 0.3 is 5.97 Å².